The Balaban J connectivity index is 1.81. The Morgan fingerprint density at radius 1 is 0.976 bits per heavy atom. The zero-order valence-corrected chi connectivity index (χ0v) is 22.8. The smallest absolute Gasteiger partial charge is 0.343 e. The predicted octanol–water partition coefficient (Wildman–Crippen LogP) is 0.215. The molecular weight excluding hydrogens is 563 g/mol. The highest BCUT2D eigenvalue weighted by atomic mass is 32.2. The lowest BCUT2D eigenvalue weighted by Crippen LogP contribution is -2.54. The molecule has 2 amide bonds. The van der Waals surface area contributed by atoms with Crippen LogP contribution in [0.1, 0.15) is 11.1 Å². The molecule has 11 nitrogen and oxygen atoms in total. The normalized spacial score (nSPS) is 13.6. The third-order valence-electron chi connectivity index (χ3n) is 6.15. The first kappa shape index (κ1) is 31.9. The maximum absolute atomic E-state index is 13.3. The number of H-pyrrole nitrogens is 1. The number of sulfonamides is 1. The summed E-state index contributed by atoms with van der Waals surface area (Å²) in [5.74, 6) is -2.40. The molecule has 0 radical (unpaired) electrons. The zero-order valence-electron chi connectivity index (χ0n) is 22.0. The Morgan fingerprint density at radius 3 is 2.22 bits per heavy atom. The number of aromatic nitrogens is 1. The number of nitrogens with one attached hydrogen (secondary N) is 3. The number of benzene rings is 2. The molecule has 0 saturated carbocycles. The Kier molecular flexibility index (Phi) is 10.8. The van der Waals surface area contributed by atoms with Gasteiger partial charge in [-0.05, 0) is 29.8 Å². The van der Waals surface area contributed by atoms with E-state index >= 15 is 0 Å². The number of para-hydroxylation sites is 1. The third-order valence-corrected chi connectivity index (χ3v) is 8.09. The van der Waals surface area contributed by atoms with Crippen molar-refractivity contribution < 1.29 is 36.2 Å². The van der Waals surface area contributed by atoms with E-state index in [9.17, 15) is 31.2 Å². The molecule has 9 N–H and O–H groups in total. The largest absolute Gasteiger partial charge is 0.416 e. The van der Waals surface area contributed by atoms with Crippen LogP contribution in [0, 0.1) is 0 Å². The van der Waals surface area contributed by atoms with Crippen LogP contribution in [0.2, 0.25) is 0 Å². The molecule has 0 fully saturated rings. The number of fused-ring (bicyclic) bond motifs is 1. The number of carbonyl (C=O) groups excluding carboxylic acids is 2. The van der Waals surface area contributed by atoms with E-state index in [2.05, 4.69) is 15.6 Å². The van der Waals surface area contributed by atoms with Gasteiger partial charge in [-0.1, -0.05) is 24.3 Å². The highest BCUT2D eigenvalue weighted by molar-refractivity contribution is 7.89. The summed E-state index contributed by atoms with van der Waals surface area (Å²) in [6.45, 7) is 0.0235. The van der Waals surface area contributed by atoms with Gasteiger partial charge in [0.1, 0.15) is 11.7 Å². The van der Waals surface area contributed by atoms with Crippen molar-refractivity contribution in [1.29, 1.82) is 0 Å². The van der Waals surface area contributed by atoms with E-state index in [4.69, 9.17) is 17.2 Å². The summed E-state index contributed by atoms with van der Waals surface area (Å²) in [7, 11) is -4.02. The number of aromatic amines is 1. The number of pyridine rings is 1. The predicted molar refractivity (Wildman–Crippen MR) is 148 cm³/mol. The highest BCUT2D eigenvalue weighted by Crippen LogP contribution is 2.29. The van der Waals surface area contributed by atoms with Gasteiger partial charge in [0.05, 0.1) is 17.4 Å². The van der Waals surface area contributed by atoms with Crippen LogP contribution in [0.5, 0.6) is 0 Å². The number of hydrogen-bond donors (Lipinski definition) is 5. The van der Waals surface area contributed by atoms with Gasteiger partial charge >= 0.3 is 6.18 Å². The summed E-state index contributed by atoms with van der Waals surface area (Å²) in [6.07, 6.45) is -3.20. The van der Waals surface area contributed by atoms with Crippen molar-refractivity contribution in [2.24, 2.45) is 17.2 Å². The third kappa shape index (κ3) is 8.93. The minimum Gasteiger partial charge on any atom is -0.343 e. The fraction of sp³-hybridized carbons (Fsp3) is 0.346. The number of halogens is 3. The van der Waals surface area contributed by atoms with Gasteiger partial charge in [-0.15, -0.1) is 0 Å². The second-order valence-electron chi connectivity index (χ2n) is 9.29. The minimum absolute atomic E-state index is 0.0183. The van der Waals surface area contributed by atoms with E-state index < -0.39 is 51.4 Å². The number of anilines is 1. The molecule has 0 aliphatic rings. The Labute approximate surface area is 235 Å². The van der Waals surface area contributed by atoms with Crippen molar-refractivity contribution in [3.05, 3.63) is 71.9 Å². The lowest BCUT2D eigenvalue weighted by Gasteiger charge is -2.24. The molecule has 222 valence electrons. The highest BCUT2D eigenvalue weighted by Gasteiger charge is 2.32. The molecule has 3 aromatic rings. The van der Waals surface area contributed by atoms with E-state index in [0.29, 0.717) is 11.3 Å². The second-order valence-corrected chi connectivity index (χ2v) is 11.3. The standard InChI is InChI=1S/C26H32F3N7O4S/c27-26(28,29)19-7-5-17(6-8-19)13-23(25(38)34-20-14-18-3-1-2-4-22(18)33-15-20)35-24(37)21(32)16-41(39,40)36(11-9-30)12-10-31/h1-8,14-15,21,23H,9-13,16,30-32H2,(H,34,38)(H,35,37)/p+1/t21-,23-/m0/s1. The van der Waals surface area contributed by atoms with Crippen molar-refractivity contribution in [2.75, 3.05) is 37.2 Å². The van der Waals surface area contributed by atoms with Gasteiger partial charge in [-0.3, -0.25) is 9.59 Å². The molecule has 3 rings (SSSR count). The van der Waals surface area contributed by atoms with E-state index in [1.54, 1.807) is 12.3 Å². The zero-order chi connectivity index (χ0) is 30.2. The topological polar surface area (TPSA) is 188 Å². The number of carbonyl (C=O) groups is 2. The summed E-state index contributed by atoms with van der Waals surface area (Å²) in [4.78, 5) is 29.3. The fourth-order valence-electron chi connectivity index (χ4n) is 4.06. The first-order valence-electron chi connectivity index (χ1n) is 12.7. The molecule has 0 aliphatic heterocycles. The van der Waals surface area contributed by atoms with Crippen molar-refractivity contribution in [3.63, 3.8) is 0 Å². The average Bonchev–Trinajstić information content (AvgIpc) is 2.92. The SMILES string of the molecule is NCCN(CCN)S(=O)(=O)C[C@H](N)C(=O)N[C@@H](Cc1ccc(C(F)(F)F)cc1)C(=O)Nc1c[nH+]c2ccccc2c1. The van der Waals surface area contributed by atoms with Crippen molar-refractivity contribution >= 4 is 38.4 Å². The lowest BCUT2D eigenvalue weighted by atomic mass is 10.0. The van der Waals surface area contributed by atoms with Crippen LogP contribution in [-0.2, 0) is 32.2 Å². The Bertz CT molecular complexity index is 1450. The minimum atomic E-state index is -4.55. The van der Waals surface area contributed by atoms with Crippen LogP contribution in [0.3, 0.4) is 0 Å². The number of nitrogens with zero attached hydrogens (tertiary/aromatic N) is 1. The number of hydrogen-bond acceptors (Lipinski definition) is 7. The first-order valence-corrected chi connectivity index (χ1v) is 14.3. The molecule has 2 aromatic carbocycles. The number of rotatable bonds is 13. The Hall–Kier alpha value is -3.63. The summed E-state index contributed by atoms with van der Waals surface area (Å²) >= 11 is 0. The molecule has 1 aromatic heterocycles. The van der Waals surface area contributed by atoms with Crippen molar-refractivity contribution in [3.8, 4) is 0 Å². The monoisotopic (exact) mass is 596 g/mol. The maximum Gasteiger partial charge on any atom is 0.416 e. The molecule has 0 unspecified atom stereocenters. The maximum atomic E-state index is 13.3. The van der Waals surface area contributed by atoms with Gasteiger partial charge in [0.2, 0.25) is 27.4 Å². The van der Waals surface area contributed by atoms with Gasteiger partial charge in [-0.2, -0.15) is 17.5 Å². The fourth-order valence-corrected chi connectivity index (χ4v) is 5.64. The Morgan fingerprint density at radius 2 is 1.61 bits per heavy atom. The average molecular weight is 597 g/mol. The molecule has 2 atom stereocenters. The van der Waals surface area contributed by atoms with Gasteiger partial charge in [0.15, 0.2) is 6.20 Å². The van der Waals surface area contributed by atoms with Gasteiger partial charge in [-0.25, -0.2) is 13.4 Å². The molecule has 15 heteroatoms. The molecule has 0 bridgehead atoms. The van der Waals surface area contributed by atoms with E-state index in [1.165, 1.54) is 12.1 Å². The lowest BCUT2D eigenvalue weighted by molar-refractivity contribution is -0.343. The van der Waals surface area contributed by atoms with Gasteiger partial charge in [0, 0.05) is 44.1 Å². The number of alkyl halides is 3. The molecule has 0 aliphatic carbocycles. The van der Waals surface area contributed by atoms with Crippen LogP contribution in [0.15, 0.2) is 60.8 Å². The van der Waals surface area contributed by atoms with Crippen LogP contribution in [0.4, 0.5) is 18.9 Å². The quantitative estimate of drug-likeness (QED) is 0.187. The number of nitrogens with two attached hydrogens (primary N) is 3. The van der Waals surface area contributed by atoms with Crippen LogP contribution >= 0.6 is 0 Å². The van der Waals surface area contributed by atoms with Crippen molar-refractivity contribution in [1.82, 2.24) is 9.62 Å². The molecule has 0 spiro atoms. The van der Waals surface area contributed by atoms with E-state index in [1.807, 2.05) is 24.3 Å². The molecular formula is C26H33F3N7O4S+. The summed E-state index contributed by atoms with van der Waals surface area (Å²) in [5.41, 5.74) is 17.5. The first-order chi connectivity index (χ1) is 19.3. The summed E-state index contributed by atoms with van der Waals surface area (Å²) in [5, 5.41) is 5.92. The van der Waals surface area contributed by atoms with Crippen LogP contribution < -0.4 is 32.8 Å². The number of amides is 2. The van der Waals surface area contributed by atoms with Crippen molar-refractivity contribution in [2.45, 2.75) is 24.7 Å². The molecule has 0 saturated heterocycles. The molecule has 41 heavy (non-hydrogen) atoms. The van der Waals surface area contributed by atoms with Crippen LogP contribution in [-0.4, -0.2) is 68.6 Å². The van der Waals surface area contributed by atoms with E-state index in [-0.39, 0.29) is 32.6 Å². The van der Waals surface area contributed by atoms with Gasteiger partial charge < -0.3 is 27.8 Å². The van der Waals surface area contributed by atoms with E-state index in [0.717, 1.165) is 27.3 Å². The molecule has 1 heterocycles. The second kappa shape index (κ2) is 13.8. The van der Waals surface area contributed by atoms with Crippen LogP contribution in [0.25, 0.3) is 10.9 Å². The summed E-state index contributed by atoms with van der Waals surface area (Å²) in [6, 6.07) is 10.3. The summed E-state index contributed by atoms with van der Waals surface area (Å²) < 4.78 is 65.6. The van der Waals surface area contributed by atoms with Gasteiger partial charge in [0.25, 0.3) is 0 Å².